The molecule has 0 radical (unpaired) electrons. The van der Waals surface area contributed by atoms with Gasteiger partial charge in [-0.05, 0) is 26.0 Å². The molecule has 1 aliphatic heterocycles. The number of aromatic amines is 1. The lowest BCUT2D eigenvalue weighted by atomic mass is 10.2. The number of amides is 1. The number of ether oxygens (including phenoxy) is 2. The molecular weight excluding hydrogens is 286 g/mol. The summed E-state index contributed by atoms with van der Waals surface area (Å²) in [4.78, 5) is 30.8. The zero-order valence-electron chi connectivity index (χ0n) is 12.2. The Morgan fingerprint density at radius 3 is 2.68 bits per heavy atom. The van der Waals surface area contributed by atoms with Crippen LogP contribution in [0.3, 0.4) is 0 Å². The van der Waals surface area contributed by atoms with Gasteiger partial charge in [-0.3, -0.25) is 9.59 Å². The molecule has 3 rings (SSSR count). The van der Waals surface area contributed by atoms with Crippen molar-refractivity contribution >= 4 is 11.6 Å². The lowest BCUT2D eigenvalue weighted by molar-refractivity contribution is 0.102. The first-order chi connectivity index (χ1) is 10.5. The molecule has 22 heavy (non-hydrogen) atoms. The highest BCUT2D eigenvalue weighted by atomic mass is 16.6. The summed E-state index contributed by atoms with van der Waals surface area (Å²) in [5, 5.41) is 2.67. The van der Waals surface area contributed by atoms with E-state index in [1.165, 1.54) is 0 Å². The van der Waals surface area contributed by atoms with Gasteiger partial charge in [0.2, 0.25) is 0 Å². The van der Waals surface area contributed by atoms with Gasteiger partial charge in [-0.15, -0.1) is 0 Å². The maximum Gasteiger partial charge on any atom is 0.264 e. The summed E-state index contributed by atoms with van der Waals surface area (Å²) in [7, 11) is 0. The van der Waals surface area contributed by atoms with E-state index < -0.39 is 11.5 Å². The van der Waals surface area contributed by atoms with Crippen LogP contribution in [0.15, 0.2) is 23.0 Å². The summed E-state index contributed by atoms with van der Waals surface area (Å²) in [5.41, 5.74) is 0.449. The Balaban J connectivity index is 1.87. The molecule has 2 N–H and O–H groups in total. The molecule has 0 atom stereocenters. The molecule has 1 amide bonds. The number of aryl methyl sites for hydroxylation is 2. The fourth-order valence-corrected chi connectivity index (χ4v) is 2.31. The number of H-pyrrole nitrogens is 1. The van der Waals surface area contributed by atoms with Gasteiger partial charge in [0.05, 0.1) is 5.69 Å². The summed E-state index contributed by atoms with van der Waals surface area (Å²) >= 11 is 0. The number of carbonyl (C=O) groups excluding carboxylic acids is 1. The minimum absolute atomic E-state index is 0.000453. The Labute approximate surface area is 126 Å². The van der Waals surface area contributed by atoms with Crippen LogP contribution in [0.4, 0.5) is 5.69 Å². The molecule has 7 heteroatoms. The summed E-state index contributed by atoms with van der Waals surface area (Å²) < 4.78 is 10.9. The average Bonchev–Trinajstić information content (AvgIpc) is 2.46. The molecule has 0 saturated heterocycles. The Hall–Kier alpha value is -2.83. The lowest BCUT2D eigenvalue weighted by Crippen LogP contribution is -2.26. The molecule has 114 valence electrons. The van der Waals surface area contributed by atoms with E-state index in [-0.39, 0.29) is 5.56 Å². The maximum absolute atomic E-state index is 12.3. The summed E-state index contributed by atoms with van der Waals surface area (Å²) in [5.74, 6) is 1.16. The summed E-state index contributed by atoms with van der Waals surface area (Å²) in [6, 6.07) is 5.07. The molecule has 1 aromatic heterocycles. The molecule has 2 heterocycles. The normalized spacial score (nSPS) is 12.8. The fourth-order valence-electron chi connectivity index (χ4n) is 2.31. The predicted octanol–water partition coefficient (Wildman–Crippen LogP) is 1.41. The van der Waals surface area contributed by atoms with Crippen molar-refractivity contribution in [1.82, 2.24) is 9.97 Å². The number of anilines is 1. The van der Waals surface area contributed by atoms with Crippen molar-refractivity contribution in [3.8, 4) is 11.5 Å². The van der Waals surface area contributed by atoms with Gasteiger partial charge < -0.3 is 19.8 Å². The first kappa shape index (κ1) is 14.1. The van der Waals surface area contributed by atoms with Gasteiger partial charge >= 0.3 is 0 Å². The first-order valence-electron chi connectivity index (χ1n) is 6.83. The summed E-state index contributed by atoms with van der Waals surface area (Å²) in [6.07, 6.45) is 0. The van der Waals surface area contributed by atoms with Crippen molar-refractivity contribution in [2.24, 2.45) is 0 Å². The highest BCUT2D eigenvalue weighted by molar-refractivity contribution is 6.04. The van der Waals surface area contributed by atoms with Gasteiger partial charge in [0.1, 0.15) is 24.6 Å². The van der Waals surface area contributed by atoms with Gasteiger partial charge in [-0.1, -0.05) is 0 Å². The molecule has 2 aromatic rings. The Kier molecular flexibility index (Phi) is 3.54. The van der Waals surface area contributed by atoms with Crippen LogP contribution < -0.4 is 20.3 Å². The molecule has 1 aliphatic rings. The van der Waals surface area contributed by atoms with E-state index in [9.17, 15) is 9.59 Å². The number of rotatable bonds is 2. The second kappa shape index (κ2) is 5.51. The standard InChI is InChI=1S/C15H15N3O4/c1-8-13(14(19)17-9(2)16-8)15(20)18-10-3-4-11-12(7-10)22-6-5-21-11/h3-4,7H,5-6H2,1-2H3,(H,18,20)(H,16,17,19). The van der Waals surface area contributed by atoms with Crippen LogP contribution in [0.25, 0.3) is 0 Å². The maximum atomic E-state index is 12.3. The van der Waals surface area contributed by atoms with E-state index in [1.807, 2.05) is 0 Å². The lowest BCUT2D eigenvalue weighted by Gasteiger charge is -2.19. The van der Waals surface area contributed by atoms with Crippen LogP contribution in [-0.2, 0) is 0 Å². The molecule has 0 spiro atoms. The zero-order valence-corrected chi connectivity index (χ0v) is 12.2. The fraction of sp³-hybridized carbons (Fsp3) is 0.267. The van der Waals surface area contributed by atoms with E-state index >= 15 is 0 Å². The minimum Gasteiger partial charge on any atom is -0.486 e. The Morgan fingerprint density at radius 1 is 1.23 bits per heavy atom. The van der Waals surface area contributed by atoms with Crippen molar-refractivity contribution in [1.29, 1.82) is 0 Å². The number of fused-ring (bicyclic) bond motifs is 1. The molecule has 7 nitrogen and oxygen atoms in total. The molecule has 0 saturated carbocycles. The van der Waals surface area contributed by atoms with Crippen molar-refractivity contribution in [3.63, 3.8) is 0 Å². The zero-order chi connectivity index (χ0) is 15.7. The third kappa shape index (κ3) is 2.65. The Bertz CT molecular complexity index is 798. The minimum atomic E-state index is -0.511. The topological polar surface area (TPSA) is 93.3 Å². The van der Waals surface area contributed by atoms with Crippen LogP contribution >= 0.6 is 0 Å². The first-order valence-corrected chi connectivity index (χ1v) is 6.83. The van der Waals surface area contributed by atoms with Crippen molar-refractivity contribution < 1.29 is 14.3 Å². The quantitative estimate of drug-likeness (QED) is 0.874. The number of hydrogen-bond donors (Lipinski definition) is 2. The smallest absolute Gasteiger partial charge is 0.264 e. The number of hydrogen-bond acceptors (Lipinski definition) is 5. The number of nitrogens with one attached hydrogen (secondary N) is 2. The van der Waals surface area contributed by atoms with Crippen LogP contribution in [0.5, 0.6) is 11.5 Å². The van der Waals surface area contributed by atoms with Gasteiger partial charge in [-0.25, -0.2) is 4.98 Å². The number of nitrogens with zero attached hydrogens (tertiary/aromatic N) is 1. The number of benzene rings is 1. The van der Waals surface area contributed by atoms with Crippen LogP contribution in [0.1, 0.15) is 21.9 Å². The molecular formula is C15H15N3O4. The molecule has 1 aromatic carbocycles. The molecule has 0 aliphatic carbocycles. The van der Waals surface area contributed by atoms with E-state index in [0.717, 1.165) is 0 Å². The van der Waals surface area contributed by atoms with Gasteiger partial charge in [0.25, 0.3) is 11.5 Å². The van der Waals surface area contributed by atoms with Crippen molar-refractivity contribution in [2.75, 3.05) is 18.5 Å². The molecule has 0 bridgehead atoms. The highest BCUT2D eigenvalue weighted by Crippen LogP contribution is 2.32. The van der Waals surface area contributed by atoms with E-state index in [1.54, 1.807) is 32.0 Å². The summed E-state index contributed by atoms with van der Waals surface area (Å²) in [6.45, 7) is 4.26. The average molecular weight is 301 g/mol. The molecule has 0 unspecified atom stereocenters. The van der Waals surface area contributed by atoms with E-state index in [2.05, 4.69) is 15.3 Å². The van der Waals surface area contributed by atoms with Crippen LogP contribution in [0, 0.1) is 13.8 Å². The van der Waals surface area contributed by atoms with E-state index in [0.29, 0.717) is 41.9 Å². The predicted molar refractivity (Wildman–Crippen MR) is 79.7 cm³/mol. The van der Waals surface area contributed by atoms with Crippen LogP contribution in [0.2, 0.25) is 0 Å². The third-order valence-corrected chi connectivity index (χ3v) is 3.25. The second-order valence-electron chi connectivity index (χ2n) is 4.92. The second-order valence-corrected chi connectivity index (χ2v) is 4.92. The highest BCUT2D eigenvalue weighted by Gasteiger charge is 2.17. The largest absolute Gasteiger partial charge is 0.486 e. The van der Waals surface area contributed by atoms with E-state index in [4.69, 9.17) is 9.47 Å². The molecule has 0 fully saturated rings. The van der Waals surface area contributed by atoms with Gasteiger partial charge in [0, 0.05) is 11.8 Å². The van der Waals surface area contributed by atoms with Crippen LogP contribution in [-0.4, -0.2) is 29.1 Å². The monoisotopic (exact) mass is 301 g/mol. The third-order valence-electron chi connectivity index (χ3n) is 3.25. The van der Waals surface area contributed by atoms with Gasteiger partial charge in [-0.2, -0.15) is 0 Å². The van der Waals surface area contributed by atoms with Crippen molar-refractivity contribution in [3.05, 3.63) is 45.6 Å². The number of carbonyl (C=O) groups is 1. The Morgan fingerprint density at radius 2 is 1.95 bits per heavy atom. The van der Waals surface area contributed by atoms with Crippen molar-refractivity contribution in [2.45, 2.75) is 13.8 Å². The van der Waals surface area contributed by atoms with Gasteiger partial charge in [0.15, 0.2) is 11.5 Å². The SMILES string of the molecule is Cc1nc(C)c(C(=O)Nc2ccc3c(c2)OCCO3)c(=O)[nH]1. The number of aromatic nitrogens is 2.